The Labute approximate surface area is 221 Å². The molecule has 0 saturated heterocycles. The first-order chi connectivity index (χ1) is 18.5. The maximum absolute atomic E-state index is 13.8. The van der Waals surface area contributed by atoms with Crippen molar-refractivity contribution in [2.24, 2.45) is 0 Å². The molecule has 12 heteroatoms. The van der Waals surface area contributed by atoms with E-state index in [9.17, 15) is 26.4 Å². The van der Waals surface area contributed by atoms with Gasteiger partial charge in [0.1, 0.15) is 11.5 Å². The number of carbonyl (C=O) groups excluding carboxylic acids is 1. The minimum Gasteiger partial charge on any atom is -0.383 e. The molecular weight excluding hydrogens is 533 g/mol. The predicted molar refractivity (Wildman–Crippen MR) is 137 cm³/mol. The van der Waals surface area contributed by atoms with Gasteiger partial charge in [0, 0.05) is 17.1 Å². The average Bonchev–Trinajstić information content (AvgIpc) is 3.52. The lowest BCUT2D eigenvalue weighted by Gasteiger charge is -2.25. The van der Waals surface area contributed by atoms with E-state index in [1.807, 2.05) is 6.07 Å². The van der Waals surface area contributed by atoms with Crippen molar-refractivity contribution >= 4 is 38.2 Å². The van der Waals surface area contributed by atoms with Gasteiger partial charge in [0.05, 0.1) is 47.2 Å². The van der Waals surface area contributed by atoms with Crippen molar-refractivity contribution in [2.45, 2.75) is 37.3 Å². The molecule has 4 aromatic rings. The zero-order valence-electron chi connectivity index (χ0n) is 20.3. The van der Waals surface area contributed by atoms with Crippen LogP contribution >= 0.6 is 0 Å². The maximum atomic E-state index is 13.8. The number of halogens is 3. The van der Waals surface area contributed by atoms with E-state index in [0.717, 1.165) is 34.8 Å². The van der Waals surface area contributed by atoms with Crippen LogP contribution in [0.25, 0.3) is 10.9 Å². The molecule has 2 aliphatic heterocycles. The molecule has 0 radical (unpaired) electrons. The number of aromatic nitrogens is 2. The summed E-state index contributed by atoms with van der Waals surface area (Å²) in [6, 6.07) is 12.0. The number of amides is 1. The Morgan fingerprint density at radius 1 is 1.08 bits per heavy atom. The van der Waals surface area contributed by atoms with Gasteiger partial charge in [-0.3, -0.25) is 9.78 Å². The number of aryl methyl sites for hydroxylation is 1. The van der Waals surface area contributed by atoms with Gasteiger partial charge in [-0.2, -0.15) is 13.2 Å². The molecule has 4 heterocycles. The van der Waals surface area contributed by atoms with Crippen LogP contribution in [0.4, 0.5) is 24.7 Å². The number of sulfone groups is 1. The van der Waals surface area contributed by atoms with Crippen molar-refractivity contribution in [1.29, 1.82) is 0 Å². The monoisotopic (exact) mass is 554 g/mol. The number of ether oxygens (including phenoxy) is 1. The van der Waals surface area contributed by atoms with E-state index >= 15 is 0 Å². The SMILES string of the molecule is Nc1nc2cc(CN(C(=O)c3ccc(C(F)(F)F)nc3)c3cccc4c3S(=O)(=O)CC4)ccc2c2c1COC2. The minimum absolute atomic E-state index is 0.0522. The quantitative estimate of drug-likeness (QED) is 0.397. The first-order valence-corrected chi connectivity index (χ1v) is 13.7. The second kappa shape index (κ2) is 9.02. The molecule has 0 atom stereocenters. The summed E-state index contributed by atoms with van der Waals surface area (Å²) in [5, 5.41) is 0.855. The number of nitrogen functional groups attached to an aromatic ring is 1. The number of anilines is 2. The number of alkyl halides is 3. The Morgan fingerprint density at radius 2 is 1.87 bits per heavy atom. The van der Waals surface area contributed by atoms with Gasteiger partial charge in [0.2, 0.25) is 0 Å². The second-order valence-electron chi connectivity index (χ2n) is 9.45. The van der Waals surface area contributed by atoms with Crippen LogP contribution in [0.3, 0.4) is 0 Å². The van der Waals surface area contributed by atoms with Crippen molar-refractivity contribution in [3.8, 4) is 0 Å². The molecule has 0 spiro atoms. The normalized spacial score (nSPS) is 15.8. The Bertz CT molecular complexity index is 1760. The summed E-state index contributed by atoms with van der Waals surface area (Å²) in [6.45, 7) is 0.706. The molecule has 2 aromatic heterocycles. The van der Waals surface area contributed by atoms with Crippen LogP contribution < -0.4 is 10.6 Å². The fraction of sp³-hybridized carbons (Fsp3) is 0.222. The molecule has 0 fully saturated rings. The van der Waals surface area contributed by atoms with Crippen molar-refractivity contribution in [3.05, 3.63) is 88.2 Å². The van der Waals surface area contributed by atoms with E-state index in [-0.39, 0.29) is 28.4 Å². The molecule has 2 aromatic carbocycles. The summed E-state index contributed by atoms with van der Waals surface area (Å²) in [5.74, 6) is -0.431. The lowest BCUT2D eigenvalue weighted by atomic mass is 10.0. The highest BCUT2D eigenvalue weighted by Gasteiger charge is 2.35. The molecule has 39 heavy (non-hydrogen) atoms. The summed E-state index contributed by atoms with van der Waals surface area (Å²) in [4.78, 5) is 23.0. The molecule has 1 amide bonds. The van der Waals surface area contributed by atoms with Crippen LogP contribution in [0, 0.1) is 0 Å². The van der Waals surface area contributed by atoms with Crippen LogP contribution in [0.5, 0.6) is 0 Å². The van der Waals surface area contributed by atoms with Gasteiger partial charge in [-0.15, -0.1) is 0 Å². The number of nitrogens with zero attached hydrogens (tertiary/aromatic N) is 3. The molecule has 0 aliphatic carbocycles. The molecule has 0 bridgehead atoms. The van der Waals surface area contributed by atoms with Crippen LogP contribution in [0.15, 0.2) is 59.6 Å². The molecule has 2 N–H and O–H groups in total. The summed E-state index contributed by atoms with van der Waals surface area (Å²) in [6.07, 6.45) is -3.51. The summed E-state index contributed by atoms with van der Waals surface area (Å²) < 4.78 is 70.6. The fourth-order valence-electron chi connectivity index (χ4n) is 5.10. The third-order valence-corrected chi connectivity index (χ3v) is 8.83. The van der Waals surface area contributed by atoms with Crippen molar-refractivity contribution in [1.82, 2.24) is 9.97 Å². The molecule has 2 aliphatic rings. The highest BCUT2D eigenvalue weighted by Crippen LogP contribution is 2.37. The first-order valence-electron chi connectivity index (χ1n) is 12.0. The van der Waals surface area contributed by atoms with Crippen LogP contribution in [-0.2, 0) is 46.9 Å². The largest absolute Gasteiger partial charge is 0.433 e. The molecule has 6 rings (SSSR count). The van der Waals surface area contributed by atoms with E-state index in [1.165, 1.54) is 11.0 Å². The second-order valence-corrected chi connectivity index (χ2v) is 11.5. The van der Waals surface area contributed by atoms with Crippen LogP contribution in [0.2, 0.25) is 0 Å². The fourth-order valence-corrected chi connectivity index (χ4v) is 6.86. The van der Waals surface area contributed by atoms with E-state index in [0.29, 0.717) is 42.1 Å². The molecule has 0 saturated carbocycles. The van der Waals surface area contributed by atoms with Gasteiger partial charge in [0.15, 0.2) is 9.84 Å². The molecule has 0 unspecified atom stereocenters. The number of fused-ring (bicyclic) bond motifs is 4. The Kier molecular flexibility index (Phi) is 5.84. The standard InChI is InChI=1S/C27H21F3N4O4S/c28-27(29,30)23-7-5-17(11-32-23)26(35)34(22-3-1-2-16-8-9-39(36,37)24(16)22)12-15-4-6-18-19-13-38-14-20(19)25(31)33-21(18)10-15/h1-7,10-11H,8-9,12-14H2,(H2,31,33). The van der Waals surface area contributed by atoms with E-state index < -0.39 is 27.6 Å². The highest BCUT2D eigenvalue weighted by molar-refractivity contribution is 7.91. The van der Waals surface area contributed by atoms with Gasteiger partial charge in [0.25, 0.3) is 5.91 Å². The Morgan fingerprint density at radius 3 is 2.62 bits per heavy atom. The zero-order chi connectivity index (χ0) is 27.5. The summed E-state index contributed by atoms with van der Waals surface area (Å²) >= 11 is 0. The van der Waals surface area contributed by atoms with E-state index in [4.69, 9.17) is 10.5 Å². The van der Waals surface area contributed by atoms with Crippen LogP contribution in [0.1, 0.15) is 38.3 Å². The predicted octanol–water partition coefficient (Wildman–Crippen LogP) is 4.44. The molecule has 200 valence electrons. The lowest BCUT2D eigenvalue weighted by Crippen LogP contribution is -2.32. The number of hydrogen-bond donors (Lipinski definition) is 1. The third kappa shape index (κ3) is 4.39. The van der Waals surface area contributed by atoms with Crippen molar-refractivity contribution < 1.29 is 31.1 Å². The van der Waals surface area contributed by atoms with Crippen LogP contribution in [-0.4, -0.2) is 30.0 Å². The Hall–Kier alpha value is -4.03. The number of carbonyl (C=O) groups is 1. The molecular formula is C27H21F3N4O4S. The highest BCUT2D eigenvalue weighted by atomic mass is 32.2. The summed E-state index contributed by atoms with van der Waals surface area (Å²) in [5.41, 5.74) is 8.61. The lowest BCUT2D eigenvalue weighted by molar-refractivity contribution is -0.141. The van der Waals surface area contributed by atoms with Gasteiger partial charge in [-0.25, -0.2) is 13.4 Å². The van der Waals surface area contributed by atoms with Crippen molar-refractivity contribution in [2.75, 3.05) is 16.4 Å². The van der Waals surface area contributed by atoms with Gasteiger partial charge in [-0.1, -0.05) is 24.3 Å². The van der Waals surface area contributed by atoms with Gasteiger partial charge in [-0.05, 0) is 47.4 Å². The van der Waals surface area contributed by atoms with E-state index in [2.05, 4.69) is 9.97 Å². The summed E-state index contributed by atoms with van der Waals surface area (Å²) in [7, 11) is -3.66. The topological polar surface area (TPSA) is 115 Å². The van der Waals surface area contributed by atoms with Gasteiger partial charge < -0.3 is 15.4 Å². The van der Waals surface area contributed by atoms with Gasteiger partial charge >= 0.3 is 6.18 Å². The first kappa shape index (κ1) is 25.3. The number of nitrogens with two attached hydrogens (primary N) is 1. The number of rotatable bonds is 4. The maximum Gasteiger partial charge on any atom is 0.433 e. The third-order valence-electron chi connectivity index (χ3n) is 7.00. The Balaban J connectivity index is 1.45. The number of hydrogen-bond acceptors (Lipinski definition) is 7. The van der Waals surface area contributed by atoms with E-state index in [1.54, 1.807) is 24.3 Å². The minimum atomic E-state index is -4.67. The average molecular weight is 555 g/mol. The molecule has 8 nitrogen and oxygen atoms in total. The smallest absolute Gasteiger partial charge is 0.383 e. The number of pyridine rings is 2. The zero-order valence-corrected chi connectivity index (χ0v) is 21.1. The number of benzene rings is 2. The van der Waals surface area contributed by atoms with Crippen molar-refractivity contribution in [3.63, 3.8) is 0 Å².